The maximum Gasteiger partial charge on any atom is 0.260 e. The molecule has 178 valence electrons. The second-order valence-electron chi connectivity index (χ2n) is 8.09. The number of imidazole rings is 1. The number of primary amides is 1. The number of hydrogen-bond acceptors (Lipinski definition) is 7. The van der Waals surface area contributed by atoms with Crippen LogP contribution in [0.25, 0.3) is 11.4 Å². The van der Waals surface area contributed by atoms with Gasteiger partial charge in [0.15, 0.2) is 5.82 Å². The predicted molar refractivity (Wildman–Crippen MR) is 116 cm³/mol. The summed E-state index contributed by atoms with van der Waals surface area (Å²) in [6.07, 6.45) is -1.09. The minimum absolute atomic E-state index is 0.0443. The molecule has 0 radical (unpaired) electrons. The van der Waals surface area contributed by atoms with Crippen molar-refractivity contribution in [2.24, 2.45) is 5.73 Å². The number of amides is 2. The summed E-state index contributed by atoms with van der Waals surface area (Å²) in [6.45, 7) is 0.942. The van der Waals surface area contributed by atoms with Gasteiger partial charge in [0.25, 0.3) is 6.43 Å². The first-order valence-electron chi connectivity index (χ1n) is 10.5. The second-order valence-corrected chi connectivity index (χ2v) is 8.09. The number of carbonyl (C=O) groups is 2. The Balaban J connectivity index is 1.66. The highest BCUT2D eigenvalue weighted by molar-refractivity contribution is 5.95. The minimum atomic E-state index is -2.70. The highest BCUT2D eigenvalue weighted by atomic mass is 19.3. The average Bonchev–Trinajstić information content (AvgIpc) is 3.08. The van der Waals surface area contributed by atoms with Gasteiger partial charge in [-0.3, -0.25) is 19.4 Å². The molecule has 0 spiro atoms. The summed E-state index contributed by atoms with van der Waals surface area (Å²) in [6, 6.07) is 3.22. The topological polar surface area (TPSA) is 115 Å². The summed E-state index contributed by atoms with van der Waals surface area (Å²) in [5.41, 5.74) is 6.65. The molecule has 2 atom stereocenters. The number of anilines is 2. The van der Waals surface area contributed by atoms with Crippen LogP contribution in [-0.2, 0) is 20.9 Å². The van der Waals surface area contributed by atoms with Crippen LogP contribution in [0.3, 0.4) is 0 Å². The number of hydrogen-bond donors (Lipinski definition) is 2. The van der Waals surface area contributed by atoms with Gasteiger partial charge < -0.3 is 25.1 Å². The van der Waals surface area contributed by atoms with E-state index in [1.165, 1.54) is 7.11 Å². The lowest BCUT2D eigenvalue weighted by atomic mass is 10.1. The van der Waals surface area contributed by atoms with Crippen molar-refractivity contribution < 1.29 is 27.8 Å². The molecule has 1 fully saturated rings. The van der Waals surface area contributed by atoms with Gasteiger partial charge in [-0.25, -0.2) is 13.8 Å². The number of likely N-dealkylation sites (N-methyl/N-ethyl adjacent to an activating group) is 1. The van der Waals surface area contributed by atoms with Crippen LogP contribution in [0.4, 0.5) is 20.3 Å². The van der Waals surface area contributed by atoms with Crippen molar-refractivity contribution in [3.63, 3.8) is 0 Å². The van der Waals surface area contributed by atoms with Gasteiger partial charge in [0.1, 0.15) is 30.3 Å². The van der Waals surface area contributed by atoms with Crippen LogP contribution in [-0.4, -0.2) is 85.2 Å². The van der Waals surface area contributed by atoms with Crippen molar-refractivity contribution >= 4 is 23.3 Å². The molecule has 3 heterocycles. The highest BCUT2D eigenvalue weighted by Crippen LogP contribution is 2.36. The van der Waals surface area contributed by atoms with Gasteiger partial charge in [-0.15, -0.1) is 0 Å². The van der Waals surface area contributed by atoms with Crippen LogP contribution in [0.1, 0.15) is 0 Å². The number of methoxy groups -OCH3 is 1. The summed E-state index contributed by atoms with van der Waals surface area (Å²) in [7, 11) is 3.11. The number of fused-ring (bicyclic) bond motifs is 3. The molecular formula is C21H26F2N6O4. The number of nitrogens with two attached hydrogens (primary N) is 1. The number of nitrogens with one attached hydrogen (secondary N) is 1. The Bertz CT molecular complexity index is 1050. The van der Waals surface area contributed by atoms with E-state index in [0.717, 1.165) is 4.90 Å². The Hall–Kier alpha value is -3.25. The fourth-order valence-electron chi connectivity index (χ4n) is 4.08. The number of carbonyl (C=O) groups excluding carboxylic acids is 2. The quantitative estimate of drug-likeness (QED) is 0.622. The normalized spacial score (nSPS) is 19.5. The number of piperazine rings is 1. The van der Waals surface area contributed by atoms with Crippen molar-refractivity contribution in [3.8, 4) is 17.1 Å². The molecule has 3 N–H and O–H groups in total. The summed E-state index contributed by atoms with van der Waals surface area (Å²) < 4.78 is 40.1. The van der Waals surface area contributed by atoms with E-state index in [1.807, 2.05) is 0 Å². The predicted octanol–water partition coefficient (Wildman–Crippen LogP) is 0.767. The molecular weight excluding hydrogens is 438 g/mol. The van der Waals surface area contributed by atoms with Crippen molar-refractivity contribution in [2.45, 2.75) is 25.1 Å². The van der Waals surface area contributed by atoms with Crippen molar-refractivity contribution in [3.05, 3.63) is 24.4 Å². The van der Waals surface area contributed by atoms with Gasteiger partial charge in [-0.05, 0) is 19.2 Å². The molecule has 1 aromatic carbocycles. The lowest BCUT2D eigenvalue weighted by Gasteiger charge is -2.37. The van der Waals surface area contributed by atoms with E-state index in [9.17, 15) is 18.4 Å². The number of alkyl halides is 2. The van der Waals surface area contributed by atoms with Crippen LogP contribution < -0.4 is 20.7 Å². The summed E-state index contributed by atoms with van der Waals surface area (Å²) in [5, 5.41) is 3.01. The van der Waals surface area contributed by atoms with E-state index in [1.54, 1.807) is 40.9 Å². The zero-order valence-electron chi connectivity index (χ0n) is 18.3. The van der Waals surface area contributed by atoms with Gasteiger partial charge in [0.05, 0.1) is 25.3 Å². The van der Waals surface area contributed by atoms with Gasteiger partial charge in [0.2, 0.25) is 11.8 Å². The largest absolute Gasteiger partial charge is 0.491 e. The molecule has 1 saturated heterocycles. The molecule has 33 heavy (non-hydrogen) atoms. The molecule has 2 aromatic rings. The number of benzene rings is 1. The van der Waals surface area contributed by atoms with Gasteiger partial charge in [0, 0.05) is 31.6 Å². The van der Waals surface area contributed by atoms with E-state index < -0.39 is 30.3 Å². The van der Waals surface area contributed by atoms with Crippen molar-refractivity contribution in [1.29, 1.82) is 0 Å². The summed E-state index contributed by atoms with van der Waals surface area (Å²) in [4.78, 5) is 31.5. The maximum absolute atomic E-state index is 13.7. The summed E-state index contributed by atoms with van der Waals surface area (Å²) >= 11 is 0. The molecule has 0 unspecified atom stereocenters. The molecule has 2 amide bonds. The van der Waals surface area contributed by atoms with Crippen LogP contribution in [0.15, 0.2) is 24.4 Å². The first-order chi connectivity index (χ1) is 15.8. The lowest BCUT2D eigenvalue weighted by molar-refractivity contribution is -0.123. The number of halogens is 2. The molecule has 10 nitrogen and oxygen atoms in total. The molecule has 0 bridgehead atoms. The summed E-state index contributed by atoms with van der Waals surface area (Å²) in [5.74, 6) is 0.225. The standard InChI is InChI=1S/C21H26F2N6O4/c1-27-8-15(19(22)23)29(18(30)10-27)17-9-28-5-6-33-16-7-12(3-4-13(16)21(28)26-17)25-14(11-32-2)20(24)31/h3-4,7,9,14-15,19,25H,5-6,8,10-11H2,1-2H3,(H2,24,31)/t14-,15-/m0/s1. The number of ether oxygens (including phenoxy) is 2. The average molecular weight is 464 g/mol. The maximum atomic E-state index is 13.7. The Labute approximate surface area is 189 Å². The fourth-order valence-corrected chi connectivity index (χ4v) is 4.08. The monoisotopic (exact) mass is 464 g/mol. The van der Waals surface area contributed by atoms with E-state index in [0.29, 0.717) is 36.0 Å². The highest BCUT2D eigenvalue weighted by Gasteiger charge is 2.39. The molecule has 12 heteroatoms. The second kappa shape index (κ2) is 9.32. The van der Waals surface area contributed by atoms with Crippen LogP contribution in [0.2, 0.25) is 0 Å². The zero-order chi connectivity index (χ0) is 23.7. The Morgan fingerprint density at radius 2 is 2.21 bits per heavy atom. The Kier molecular flexibility index (Phi) is 6.47. The third-order valence-electron chi connectivity index (χ3n) is 5.64. The zero-order valence-corrected chi connectivity index (χ0v) is 18.3. The van der Waals surface area contributed by atoms with Gasteiger partial charge in [-0.2, -0.15) is 0 Å². The SMILES string of the molecule is COC[C@H](Nc1ccc2c(c1)OCCn1cc(N3C(=O)CN(C)C[C@H]3C(F)F)nc1-2)C(N)=O. The van der Waals surface area contributed by atoms with Crippen molar-refractivity contribution in [2.75, 3.05) is 50.7 Å². The molecule has 0 aliphatic carbocycles. The van der Waals surface area contributed by atoms with Gasteiger partial charge >= 0.3 is 0 Å². The molecule has 2 aliphatic rings. The fraction of sp³-hybridized carbons (Fsp3) is 0.476. The number of aromatic nitrogens is 2. The van der Waals surface area contributed by atoms with Crippen LogP contribution in [0.5, 0.6) is 5.75 Å². The smallest absolute Gasteiger partial charge is 0.260 e. The molecule has 2 aliphatic heterocycles. The van der Waals surface area contributed by atoms with Crippen LogP contribution >= 0.6 is 0 Å². The Morgan fingerprint density at radius 1 is 1.42 bits per heavy atom. The van der Waals surface area contributed by atoms with E-state index in [2.05, 4.69) is 10.3 Å². The minimum Gasteiger partial charge on any atom is -0.491 e. The van der Waals surface area contributed by atoms with E-state index in [4.69, 9.17) is 15.2 Å². The first-order valence-corrected chi connectivity index (χ1v) is 10.5. The van der Waals surface area contributed by atoms with Crippen molar-refractivity contribution in [1.82, 2.24) is 14.5 Å². The lowest BCUT2D eigenvalue weighted by Crippen LogP contribution is -2.58. The van der Waals surface area contributed by atoms with E-state index in [-0.39, 0.29) is 25.5 Å². The molecule has 0 saturated carbocycles. The third-order valence-corrected chi connectivity index (χ3v) is 5.64. The number of nitrogens with zero attached hydrogens (tertiary/aromatic N) is 4. The Morgan fingerprint density at radius 3 is 2.91 bits per heavy atom. The molecule has 4 rings (SSSR count). The number of rotatable bonds is 7. The van der Waals surface area contributed by atoms with Gasteiger partial charge in [-0.1, -0.05) is 0 Å². The third kappa shape index (κ3) is 4.62. The first kappa shape index (κ1) is 22.9. The molecule has 1 aromatic heterocycles. The van der Waals surface area contributed by atoms with Crippen LogP contribution in [0, 0.1) is 0 Å². The van der Waals surface area contributed by atoms with E-state index >= 15 is 0 Å².